The van der Waals surface area contributed by atoms with E-state index in [9.17, 15) is 14.5 Å². The van der Waals surface area contributed by atoms with E-state index in [0.29, 0.717) is 18.8 Å². The second-order valence-electron chi connectivity index (χ2n) is 4.44. The third-order valence-corrected chi connectivity index (χ3v) is 3.36. The number of piperidine rings is 1. The van der Waals surface area contributed by atoms with Gasteiger partial charge in [0.1, 0.15) is 5.69 Å². The van der Waals surface area contributed by atoms with Crippen molar-refractivity contribution in [3.8, 4) is 0 Å². The van der Waals surface area contributed by atoms with Crippen LogP contribution >= 0.6 is 0 Å². The predicted octanol–water partition coefficient (Wildman–Crippen LogP) is 2.05. The first kappa shape index (κ1) is 12.8. The van der Waals surface area contributed by atoms with Crippen LogP contribution in [-0.2, 0) is 0 Å². The number of rotatable bonds is 3. The van der Waals surface area contributed by atoms with Crippen molar-refractivity contribution < 1.29 is 9.31 Å². The molecule has 1 fully saturated rings. The van der Waals surface area contributed by atoms with Crippen molar-refractivity contribution in [2.75, 3.05) is 18.0 Å². The van der Waals surface area contributed by atoms with E-state index < -0.39 is 16.4 Å². The zero-order valence-electron chi connectivity index (χ0n) is 10.0. The quantitative estimate of drug-likeness (QED) is 0.661. The lowest BCUT2D eigenvalue weighted by atomic mass is 10.0. The third kappa shape index (κ3) is 2.28. The van der Waals surface area contributed by atoms with Gasteiger partial charge < -0.3 is 10.6 Å². The minimum atomic E-state index is -0.793. The van der Waals surface area contributed by atoms with Crippen molar-refractivity contribution in [2.45, 2.75) is 25.3 Å². The van der Waals surface area contributed by atoms with Gasteiger partial charge in [-0.2, -0.15) is 4.39 Å². The number of nitro benzene ring substituents is 1. The first-order valence-corrected chi connectivity index (χ1v) is 6.04. The molecule has 1 aliphatic rings. The lowest BCUT2D eigenvalue weighted by Crippen LogP contribution is -2.44. The molecule has 98 valence electrons. The minimum absolute atomic E-state index is 0.0549. The van der Waals surface area contributed by atoms with E-state index in [0.717, 1.165) is 25.3 Å². The number of anilines is 1. The van der Waals surface area contributed by atoms with Gasteiger partial charge in [-0.15, -0.1) is 0 Å². The summed E-state index contributed by atoms with van der Waals surface area (Å²) in [6, 6.07) is 4.26. The molecule has 1 aliphatic heterocycles. The summed E-state index contributed by atoms with van der Waals surface area (Å²) in [4.78, 5) is 12.2. The molecule has 1 heterocycles. The maximum absolute atomic E-state index is 13.6. The number of hydrogen-bond donors (Lipinski definition) is 1. The average Bonchev–Trinajstić information content (AvgIpc) is 2.38. The van der Waals surface area contributed by atoms with E-state index >= 15 is 0 Å². The van der Waals surface area contributed by atoms with Crippen molar-refractivity contribution >= 4 is 11.4 Å². The molecule has 1 aromatic rings. The summed E-state index contributed by atoms with van der Waals surface area (Å²) in [5.74, 6) is -0.793. The first-order chi connectivity index (χ1) is 8.65. The number of para-hydroxylation sites is 1. The van der Waals surface area contributed by atoms with Gasteiger partial charge in [-0.25, -0.2) is 0 Å². The molecule has 0 spiro atoms. The Hall–Kier alpha value is -1.69. The van der Waals surface area contributed by atoms with Gasteiger partial charge in [-0.1, -0.05) is 6.07 Å². The number of nitro groups is 1. The molecule has 0 amide bonds. The molecule has 6 heteroatoms. The Bertz CT molecular complexity index is 453. The second-order valence-corrected chi connectivity index (χ2v) is 4.44. The van der Waals surface area contributed by atoms with Gasteiger partial charge in [-0.05, 0) is 31.4 Å². The van der Waals surface area contributed by atoms with Gasteiger partial charge in [0.15, 0.2) is 0 Å². The summed E-state index contributed by atoms with van der Waals surface area (Å²) in [7, 11) is 0. The maximum atomic E-state index is 13.6. The van der Waals surface area contributed by atoms with Crippen molar-refractivity contribution in [1.29, 1.82) is 0 Å². The molecule has 0 saturated carbocycles. The van der Waals surface area contributed by atoms with Crippen LogP contribution in [0.3, 0.4) is 0 Å². The van der Waals surface area contributed by atoms with Gasteiger partial charge in [0.05, 0.1) is 4.92 Å². The molecule has 0 aliphatic carbocycles. The van der Waals surface area contributed by atoms with Crippen LogP contribution in [0.2, 0.25) is 0 Å². The Labute approximate surface area is 105 Å². The summed E-state index contributed by atoms with van der Waals surface area (Å²) in [6.45, 7) is 1.11. The van der Waals surface area contributed by atoms with Crippen LogP contribution in [-0.4, -0.2) is 24.1 Å². The average molecular weight is 253 g/mol. The highest BCUT2D eigenvalue weighted by atomic mass is 19.1. The molecule has 0 radical (unpaired) electrons. The largest absolute Gasteiger partial charge is 0.362 e. The number of hydrogen-bond acceptors (Lipinski definition) is 4. The minimum Gasteiger partial charge on any atom is -0.362 e. The van der Waals surface area contributed by atoms with Gasteiger partial charge in [0.25, 0.3) is 0 Å². The number of nitrogens with two attached hydrogens (primary N) is 1. The van der Waals surface area contributed by atoms with Gasteiger partial charge in [-0.3, -0.25) is 10.1 Å². The van der Waals surface area contributed by atoms with E-state index in [2.05, 4.69) is 0 Å². The van der Waals surface area contributed by atoms with Crippen LogP contribution in [0.25, 0.3) is 0 Å². The molecule has 5 nitrogen and oxygen atoms in total. The summed E-state index contributed by atoms with van der Waals surface area (Å²) in [5, 5.41) is 11.0. The summed E-state index contributed by atoms with van der Waals surface area (Å²) < 4.78 is 13.6. The molecule has 0 bridgehead atoms. The smallest absolute Gasteiger partial charge is 0.327 e. The monoisotopic (exact) mass is 253 g/mol. The lowest BCUT2D eigenvalue weighted by molar-refractivity contribution is -0.386. The molecule has 2 N–H and O–H groups in total. The molecule has 1 atom stereocenters. The Balaban J connectivity index is 2.42. The molecule has 2 rings (SSSR count). The third-order valence-electron chi connectivity index (χ3n) is 3.36. The highest BCUT2D eigenvalue weighted by Gasteiger charge is 2.29. The maximum Gasteiger partial charge on any atom is 0.327 e. The van der Waals surface area contributed by atoms with Crippen LogP contribution in [0.1, 0.15) is 19.3 Å². The van der Waals surface area contributed by atoms with Crippen molar-refractivity contribution in [2.24, 2.45) is 5.73 Å². The fourth-order valence-electron chi connectivity index (χ4n) is 2.48. The molecule has 1 aromatic carbocycles. The van der Waals surface area contributed by atoms with Gasteiger partial charge in [0, 0.05) is 19.1 Å². The summed E-state index contributed by atoms with van der Waals surface area (Å²) >= 11 is 0. The number of halogens is 1. The van der Waals surface area contributed by atoms with E-state index in [-0.39, 0.29) is 6.04 Å². The van der Waals surface area contributed by atoms with Gasteiger partial charge in [0.2, 0.25) is 5.82 Å². The van der Waals surface area contributed by atoms with Crippen molar-refractivity contribution in [3.05, 3.63) is 34.1 Å². The lowest BCUT2D eigenvalue weighted by Gasteiger charge is -2.36. The van der Waals surface area contributed by atoms with Crippen LogP contribution in [0.5, 0.6) is 0 Å². The zero-order valence-corrected chi connectivity index (χ0v) is 10.0. The van der Waals surface area contributed by atoms with E-state index in [1.165, 1.54) is 6.07 Å². The molecular weight excluding hydrogens is 237 g/mol. The topological polar surface area (TPSA) is 72.4 Å². The Morgan fingerprint density at radius 1 is 1.50 bits per heavy atom. The van der Waals surface area contributed by atoms with Crippen molar-refractivity contribution in [3.63, 3.8) is 0 Å². The summed E-state index contributed by atoms with van der Waals surface area (Å²) in [6.07, 6.45) is 2.90. The van der Waals surface area contributed by atoms with Crippen molar-refractivity contribution in [1.82, 2.24) is 0 Å². The Morgan fingerprint density at radius 3 is 2.94 bits per heavy atom. The molecular formula is C12H16FN3O2. The molecule has 1 unspecified atom stereocenters. The van der Waals surface area contributed by atoms with Gasteiger partial charge >= 0.3 is 5.69 Å². The standard InChI is InChI=1S/C12H16FN3O2/c13-10-5-3-6-11(12(10)16(17)18)15-7-2-1-4-9(15)8-14/h3,5-6,9H,1-2,4,7-8,14H2. The molecule has 1 saturated heterocycles. The van der Waals surface area contributed by atoms with Crippen LogP contribution in [0.4, 0.5) is 15.8 Å². The van der Waals surface area contributed by atoms with E-state index in [1.807, 2.05) is 4.90 Å². The van der Waals surface area contributed by atoms with Crippen LogP contribution in [0.15, 0.2) is 18.2 Å². The Kier molecular flexibility index (Phi) is 3.76. The fourth-order valence-corrected chi connectivity index (χ4v) is 2.48. The van der Waals surface area contributed by atoms with Crippen LogP contribution in [0, 0.1) is 15.9 Å². The highest BCUT2D eigenvalue weighted by Crippen LogP contribution is 2.34. The highest BCUT2D eigenvalue weighted by molar-refractivity contribution is 5.64. The second kappa shape index (κ2) is 5.30. The van der Waals surface area contributed by atoms with E-state index in [1.54, 1.807) is 6.07 Å². The molecule has 18 heavy (non-hydrogen) atoms. The SMILES string of the molecule is NCC1CCCCN1c1cccc(F)c1[N+](=O)[O-]. The number of benzene rings is 1. The van der Waals surface area contributed by atoms with Crippen LogP contribution < -0.4 is 10.6 Å². The normalized spacial score (nSPS) is 19.9. The predicted molar refractivity (Wildman–Crippen MR) is 67.1 cm³/mol. The first-order valence-electron chi connectivity index (χ1n) is 6.04. The fraction of sp³-hybridized carbons (Fsp3) is 0.500. The zero-order chi connectivity index (χ0) is 13.1. The number of nitrogens with zero attached hydrogens (tertiary/aromatic N) is 2. The summed E-state index contributed by atoms with van der Waals surface area (Å²) in [5.41, 5.74) is 5.59. The van der Waals surface area contributed by atoms with E-state index in [4.69, 9.17) is 5.73 Å². The Morgan fingerprint density at radius 2 is 2.28 bits per heavy atom. The molecule has 0 aromatic heterocycles.